The highest BCUT2D eigenvalue weighted by molar-refractivity contribution is 4.71. The SMILES string of the molecule is CCCCCCCCCCCCCCCC[N+]12CCC(CC1)CC2.[Cl-]. The van der Waals surface area contributed by atoms with E-state index in [4.69, 9.17) is 0 Å². The number of halogens is 1. The maximum absolute atomic E-state index is 2.30. The fraction of sp³-hybridized carbons (Fsp3) is 1.00. The molecule has 150 valence electrons. The van der Waals surface area contributed by atoms with Crippen LogP contribution in [0.2, 0.25) is 0 Å². The average molecular weight is 372 g/mol. The van der Waals surface area contributed by atoms with Gasteiger partial charge in [0.25, 0.3) is 0 Å². The highest BCUT2D eigenvalue weighted by atomic mass is 35.5. The average Bonchev–Trinajstić information content (AvgIpc) is 2.63. The zero-order chi connectivity index (χ0) is 16.9. The molecule has 3 fully saturated rings. The van der Waals surface area contributed by atoms with E-state index in [-0.39, 0.29) is 12.4 Å². The quantitative estimate of drug-likeness (QED) is 0.300. The molecule has 3 saturated heterocycles. The topological polar surface area (TPSA) is 0 Å². The summed E-state index contributed by atoms with van der Waals surface area (Å²) >= 11 is 0. The summed E-state index contributed by atoms with van der Waals surface area (Å²) in [7, 11) is 0. The molecule has 2 heteroatoms. The molecule has 0 unspecified atom stereocenters. The molecule has 0 aliphatic carbocycles. The molecule has 3 heterocycles. The largest absolute Gasteiger partial charge is 1.00 e. The van der Waals surface area contributed by atoms with E-state index >= 15 is 0 Å². The van der Waals surface area contributed by atoms with Crippen molar-refractivity contribution >= 4 is 0 Å². The molecule has 0 spiro atoms. The van der Waals surface area contributed by atoms with Gasteiger partial charge >= 0.3 is 0 Å². The summed E-state index contributed by atoms with van der Waals surface area (Å²) < 4.78 is 1.51. The first kappa shape index (κ1) is 23.3. The molecule has 25 heavy (non-hydrogen) atoms. The van der Waals surface area contributed by atoms with Crippen LogP contribution in [0.3, 0.4) is 0 Å². The summed E-state index contributed by atoms with van der Waals surface area (Å²) in [5, 5.41) is 0. The van der Waals surface area contributed by atoms with Crippen molar-refractivity contribution in [3.05, 3.63) is 0 Å². The molecule has 0 atom stereocenters. The monoisotopic (exact) mass is 371 g/mol. The van der Waals surface area contributed by atoms with E-state index in [1.807, 2.05) is 0 Å². The van der Waals surface area contributed by atoms with Crippen molar-refractivity contribution in [3.63, 3.8) is 0 Å². The Morgan fingerprint density at radius 1 is 0.560 bits per heavy atom. The molecular formula is C23H46ClN. The van der Waals surface area contributed by atoms with Gasteiger partial charge in [-0.05, 0) is 38.0 Å². The van der Waals surface area contributed by atoms with Crippen molar-refractivity contribution in [3.8, 4) is 0 Å². The second kappa shape index (κ2) is 14.3. The lowest BCUT2D eigenvalue weighted by Gasteiger charge is -2.49. The van der Waals surface area contributed by atoms with E-state index in [1.165, 1.54) is 121 Å². The molecule has 0 saturated carbocycles. The van der Waals surface area contributed by atoms with Crippen LogP contribution in [0, 0.1) is 5.92 Å². The fourth-order valence-electron chi connectivity index (χ4n) is 5.11. The number of nitrogens with zero attached hydrogens (tertiary/aromatic N) is 1. The third-order valence-electron chi connectivity index (χ3n) is 7.02. The Morgan fingerprint density at radius 3 is 1.32 bits per heavy atom. The third kappa shape index (κ3) is 9.66. The highest BCUT2D eigenvalue weighted by Crippen LogP contribution is 2.33. The minimum Gasteiger partial charge on any atom is -1.00 e. The van der Waals surface area contributed by atoms with E-state index in [9.17, 15) is 0 Å². The first-order valence-electron chi connectivity index (χ1n) is 11.7. The molecule has 0 amide bonds. The summed E-state index contributed by atoms with van der Waals surface area (Å²) in [6, 6.07) is 0. The molecule has 0 aromatic carbocycles. The number of hydrogen-bond acceptors (Lipinski definition) is 0. The molecule has 3 aliphatic rings. The van der Waals surface area contributed by atoms with Gasteiger partial charge in [-0.3, -0.25) is 0 Å². The number of rotatable bonds is 15. The second-order valence-electron chi connectivity index (χ2n) is 9.06. The first-order valence-corrected chi connectivity index (χ1v) is 11.7. The third-order valence-corrected chi connectivity index (χ3v) is 7.02. The maximum atomic E-state index is 2.30. The van der Waals surface area contributed by atoms with Gasteiger partial charge in [0.1, 0.15) is 0 Å². The fourth-order valence-corrected chi connectivity index (χ4v) is 5.11. The maximum Gasteiger partial charge on any atom is 0.0789 e. The number of unbranched alkanes of at least 4 members (excludes halogenated alkanes) is 13. The Balaban J connectivity index is 0.00000312. The van der Waals surface area contributed by atoms with Crippen molar-refractivity contribution < 1.29 is 16.9 Å². The Bertz CT molecular complexity index is 283. The lowest BCUT2D eigenvalue weighted by molar-refractivity contribution is -0.942. The van der Waals surface area contributed by atoms with Crippen LogP contribution < -0.4 is 12.4 Å². The van der Waals surface area contributed by atoms with E-state index in [0.29, 0.717) is 0 Å². The van der Waals surface area contributed by atoms with Crippen molar-refractivity contribution in [2.75, 3.05) is 26.2 Å². The van der Waals surface area contributed by atoms with Crippen molar-refractivity contribution in [2.24, 2.45) is 5.92 Å². The van der Waals surface area contributed by atoms with Gasteiger partial charge in [-0.1, -0.05) is 84.0 Å². The van der Waals surface area contributed by atoms with Gasteiger partial charge in [0, 0.05) is 0 Å². The van der Waals surface area contributed by atoms with Crippen LogP contribution in [0.25, 0.3) is 0 Å². The number of piperidine rings is 3. The number of hydrogen-bond donors (Lipinski definition) is 0. The lowest BCUT2D eigenvalue weighted by Crippen LogP contribution is -3.00. The van der Waals surface area contributed by atoms with Crippen LogP contribution >= 0.6 is 0 Å². The molecule has 0 aromatic rings. The van der Waals surface area contributed by atoms with Crippen LogP contribution in [-0.2, 0) is 0 Å². The molecule has 0 radical (unpaired) electrons. The van der Waals surface area contributed by atoms with Crippen LogP contribution in [0.15, 0.2) is 0 Å². The van der Waals surface area contributed by atoms with Crippen molar-refractivity contribution in [1.82, 2.24) is 0 Å². The Hall–Kier alpha value is 0.250. The van der Waals surface area contributed by atoms with Crippen molar-refractivity contribution in [1.29, 1.82) is 0 Å². The van der Waals surface area contributed by atoms with E-state index in [2.05, 4.69) is 6.92 Å². The van der Waals surface area contributed by atoms with E-state index < -0.39 is 0 Å². The second-order valence-corrected chi connectivity index (χ2v) is 9.06. The minimum atomic E-state index is 0. The van der Waals surface area contributed by atoms with Crippen molar-refractivity contribution in [2.45, 2.75) is 116 Å². The lowest BCUT2D eigenvalue weighted by atomic mass is 9.85. The molecule has 0 aromatic heterocycles. The Morgan fingerprint density at radius 2 is 0.920 bits per heavy atom. The zero-order valence-electron chi connectivity index (χ0n) is 17.3. The highest BCUT2D eigenvalue weighted by Gasteiger charge is 2.38. The summed E-state index contributed by atoms with van der Waals surface area (Å²) in [4.78, 5) is 0. The summed E-state index contributed by atoms with van der Waals surface area (Å²) in [6.07, 6.45) is 25.4. The van der Waals surface area contributed by atoms with Gasteiger partial charge in [0.2, 0.25) is 0 Å². The molecule has 3 rings (SSSR count). The number of fused-ring (bicyclic) bond motifs is 3. The van der Waals surface area contributed by atoms with Crippen LogP contribution in [0.1, 0.15) is 116 Å². The summed E-state index contributed by atoms with van der Waals surface area (Å²) in [5.74, 6) is 1.11. The van der Waals surface area contributed by atoms with Crippen LogP contribution in [0.5, 0.6) is 0 Å². The van der Waals surface area contributed by atoms with Crippen LogP contribution in [-0.4, -0.2) is 30.7 Å². The normalized spacial score (nSPS) is 25.1. The number of quaternary nitrogens is 1. The first-order chi connectivity index (χ1) is 11.8. The van der Waals surface area contributed by atoms with Gasteiger partial charge in [-0.25, -0.2) is 0 Å². The van der Waals surface area contributed by atoms with Gasteiger partial charge < -0.3 is 16.9 Å². The predicted molar refractivity (Wildman–Crippen MR) is 107 cm³/mol. The molecule has 0 N–H and O–H groups in total. The van der Waals surface area contributed by atoms with E-state index in [0.717, 1.165) is 5.92 Å². The van der Waals surface area contributed by atoms with Gasteiger partial charge in [0.05, 0.1) is 26.2 Å². The van der Waals surface area contributed by atoms with E-state index in [1.54, 1.807) is 19.3 Å². The molecule has 3 aliphatic heterocycles. The molecular weight excluding hydrogens is 326 g/mol. The van der Waals surface area contributed by atoms with Gasteiger partial charge in [-0.2, -0.15) is 0 Å². The standard InChI is InChI=1S/C23H46N.ClH/c1-2-3-4-5-6-7-8-9-10-11-12-13-14-15-19-24-20-16-23(17-21-24)18-22-24;/h23H,2-22H2,1H3;1H/q+1;/p-1. The van der Waals surface area contributed by atoms with Gasteiger partial charge in [0.15, 0.2) is 0 Å². The smallest absolute Gasteiger partial charge is 0.0789 e. The van der Waals surface area contributed by atoms with Gasteiger partial charge in [-0.15, -0.1) is 0 Å². The minimum absolute atomic E-state index is 0. The predicted octanol–water partition coefficient (Wildman–Crippen LogP) is 4.10. The van der Waals surface area contributed by atoms with Crippen LogP contribution in [0.4, 0.5) is 0 Å². The summed E-state index contributed by atoms with van der Waals surface area (Å²) in [5.41, 5.74) is 0. The summed E-state index contributed by atoms with van der Waals surface area (Å²) in [6.45, 7) is 8.36. The Labute approximate surface area is 165 Å². The molecule has 2 bridgehead atoms. The zero-order valence-corrected chi connectivity index (χ0v) is 18.0. The molecule has 1 nitrogen and oxygen atoms in total. The Kier molecular flexibility index (Phi) is 13.3.